The molecule has 2 heteroatoms. The molecule has 0 radical (unpaired) electrons. The molecule has 2 aromatic rings. The fraction of sp³-hybridized carbons (Fsp3) is 0.200. The molecule has 0 saturated heterocycles. The molecule has 2 aromatic carbocycles. The van der Waals surface area contributed by atoms with Gasteiger partial charge in [-0.25, -0.2) is 0 Å². The highest BCUT2D eigenvalue weighted by Gasteiger charge is 2.22. The lowest BCUT2D eigenvalue weighted by Crippen LogP contribution is -2.24. The van der Waals surface area contributed by atoms with Crippen LogP contribution in [0.4, 0.5) is 0 Å². The predicted octanol–water partition coefficient (Wildman–Crippen LogP) is 2.84. The normalized spacial score (nSPS) is 14.2. The van der Waals surface area contributed by atoms with Crippen molar-refractivity contribution in [1.29, 1.82) is 0 Å². The fourth-order valence-electron chi connectivity index (χ4n) is 1.91. The van der Waals surface area contributed by atoms with Crippen LogP contribution in [0.25, 0.3) is 0 Å². The third-order valence-corrected chi connectivity index (χ3v) is 2.88. The van der Waals surface area contributed by atoms with Crippen LogP contribution in [0.1, 0.15) is 18.1 Å². The van der Waals surface area contributed by atoms with Crippen LogP contribution in [0.3, 0.4) is 0 Å². The van der Waals surface area contributed by atoms with E-state index in [2.05, 4.69) is 0 Å². The first-order valence-electron chi connectivity index (χ1n) is 5.64. The maximum atomic E-state index is 10.4. The minimum absolute atomic E-state index is 0.244. The predicted molar refractivity (Wildman–Crippen MR) is 67.8 cm³/mol. The molecule has 0 saturated carbocycles. The average molecular weight is 228 g/mol. The van der Waals surface area contributed by atoms with Crippen LogP contribution in [0.2, 0.25) is 0 Å². The van der Waals surface area contributed by atoms with Crippen molar-refractivity contribution >= 4 is 0 Å². The van der Waals surface area contributed by atoms with Gasteiger partial charge in [-0.1, -0.05) is 42.5 Å². The SMILES string of the molecule is CC(O)(Cc1ccc(O)cc1)c1ccccc1. The molecule has 1 atom stereocenters. The van der Waals surface area contributed by atoms with E-state index in [4.69, 9.17) is 0 Å². The lowest BCUT2D eigenvalue weighted by Gasteiger charge is -2.24. The molecule has 88 valence electrons. The van der Waals surface area contributed by atoms with Gasteiger partial charge in [-0.2, -0.15) is 0 Å². The van der Waals surface area contributed by atoms with Gasteiger partial charge in [0.05, 0.1) is 5.60 Å². The Kier molecular flexibility index (Phi) is 3.16. The summed E-state index contributed by atoms with van der Waals surface area (Å²) in [6.45, 7) is 1.80. The second-order valence-electron chi connectivity index (χ2n) is 4.48. The second kappa shape index (κ2) is 4.60. The molecule has 1 unspecified atom stereocenters. The van der Waals surface area contributed by atoms with Crippen LogP contribution in [0.5, 0.6) is 5.75 Å². The van der Waals surface area contributed by atoms with Crippen LogP contribution >= 0.6 is 0 Å². The van der Waals surface area contributed by atoms with E-state index in [0.717, 1.165) is 11.1 Å². The largest absolute Gasteiger partial charge is 0.508 e. The third-order valence-electron chi connectivity index (χ3n) is 2.88. The summed E-state index contributed by atoms with van der Waals surface area (Å²) in [5, 5.41) is 19.7. The minimum atomic E-state index is -0.891. The first kappa shape index (κ1) is 11.7. The molecule has 0 aliphatic carbocycles. The molecular formula is C15H16O2. The van der Waals surface area contributed by atoms with E-state index in [1.807, 2.05) is 42.5 Å². The molecule has 2 N–H and O–H groups in total. The Labute approximate surface area is 101 Å². The highest BCUT2D eigenvalue weighted by atomic mass is 16.3. The Hall–Kier alpha value is -1.80. The van der Waals surface area contributed by atoms with E-state index in [9.17, 15) is 10.2 Å². The van der Waals surface area contributed by atoms with Gasteiger partial charge < -0.3 is 10.2 Å². The summed E-state index contributed by atoms with van der Waals surface area (Å²) in [6, 6.07) is 16.5. The summed E-state index contributed by atoms with van der Waals surface area (Å²) in [4.78, 5) is 0. The lowest BCUT2D eigenvalue weighted by molar-refractivity contribution is 0.0576. The zero-order valence-electron chi connectivity index (χ0n) is 9.80. The molecule has 0 aliphatic heterocycles. The number of hydrogen-bond donors (Lipinski definition) is 2. The van der Waals surface area contributed by atoms with Crippen molar-refractivity contribution < 1.29 is 10.2 Å². The zero-order valence-corrected chi connectivity index (χ0v) is 9.80. The summed E-state index contributed by atoms with van der Waals surface area (Å²) in [5.74, 6) is 0.244. The van der Waals surface area contributed by atoms with E-state index in [1.54, 1.807) is 19.1 Å². The number of aromatic hydroxyl groups is 1. The van der Waals surface area contributed by atoms with Crippen LogP contribution < -0.4 is 0 Å². The molecule has 0 amide bonds. The topological polar surface area (TPSA) is 40.5 Å². The maximum Gasteiger partial charge on any atom is 0.115 e. The Bertz CT molecular complexity index is 472. The van der Waals surface area contributed by atoms with Gasteiger partial charge in [0.15, 0.2) is 0 Å². The van der Waals surface area contributed by atoms with Crippen LogP contribution in [-0.4, -0.2) is 10.2 Å². The van der Waals surface area contributed by atoms with Gasteiger partial charge in [0.1, 0.15) is 5.75 Å². The van der Waals surface area contributed by atoms with Crippen molar-refractivity contribution in [2.75, 3.05) is 0 Å². The first-order chi connectivity index (χ1) is 8.08. The summed E-state index contributed by atoms with van der Waals surface area (Å²) in [5.41, 5.74) is 1.00. The minimum Gasteiger partial charge on any atom is -0.508 e. The average Bonchev–Trinajstić information content (AvgIpc) is 2.33. The van der Waals surface area contributed by atoms with Crippen molar-refractivity contribution in [3.63, 3.8) is 0 Å². The molecule has 0 bridgehead atoms. The van der Waals surface area contributed by atoms with Crippen molar-refractivity contribution in [2.45, 2.75) is 18.9 Å². The number of rotatable bonds is 3. The molecule has 2 rings (SSSR count). The molecule has 2 nitrogen and oxygen atoms in total. The van der Waals surface area contributed by atoms with Crippen molar-refractivity contribution in [3.05, 3.63) is 65.7 Å². The second-order valence-corrected chi connectivity index (χ2v) is 4.48. The molecule has 17 heavy (non-hydrogen) atoms. The summed E-state index contributed by atoms with van der Waals surface area (Å²) in [6.07, 6.45) is 0.525. The Morgan fingerprint density at radius 2 is 1.53 bits per heavy atom. The molecule has 0 aromatic heterocycles. The van der Waals surface area contributed by atoms with E-state index in [0.29, 0.717) is 6.42 Å². The smallest absolute Gasteiger partial charge is 0.115 e. The van der Waals surface area contributed by atoms with Crippen molar-refractivity contribution in [3.8, 4) is 5.75 Å². The number of benzene rings is 2. The van der Waals surface area contributed by atoms with E-state index < -0.39 is 5.60 Å². The molecule has 0 spiro atoms. The highest BCUT2D eigenvalue weighted by molar-refractivity contribution is 5.29. The highest BCUT2D eigenvalue weighted by Crippen LogP contribution is 2.25. The van der Waals surface area contributed by atoms with Gasteiger partial charge in [0.25, 0.3) is 0 Å². The zero-order chi connectivity index (χ0) is 12.3. The maximum absolute atomic E-state index is 10.4. The van der Waals surface area contributed by atoms with E-state index >= 15 is 0 Å². The number of hydrogen-bond acceptors (Lipinski definition) is 2. The molecule has 0 fully saturated rings. The monoisotopic (exact) mass is 228 g/mol. The standard InChI is InChI=1S/C15H16O2/c1-15(17,13-5-3-2-4-6-13)11-12-7-9-14(16)10-8-12/h2-10,16-17H,11H2,1H3. The Balaban J connectivity index is 2.20. The van der Waals surface area contributed by atoms with E-state index in [1.165, 1.54) is 0 Å². The fourth-order valence-corrected chi connectivity index (χ4v) is 1.91. The van der Waals surface area contributed by atoms with Crippen molar-refractivity contribution in [2.24, 2.45) is 0 Å². The van der Waals surface area contributed by atoms with Crippen LogP contribution in [-0.2, 0) is 12.0 Å². The summed E-state index contributed by atoms with van der Waals surface area (Å²) in [7, 11) is 0. The van der Waals surface area contributed by atoms with Gasteiger partial charge >= 0.3 is 0 Å². The van der Waals surface area contributed by atoms with E-state index in [-0.39, 0.29) is 5.75 Å². The molecular weight excluding hydrogens is 212 g/mol. The first-order valence-corrected chi connectivity index (χ1v) is 5.64. The Morgan fingerprint density at radius 3 is 2.12 bits per heavy atom. The Morgan fingerprint density at radius 1 is 0.941 bits per heavy atom. The number of aliphatic hydroxyl groups is 1. The number of phenols is 1. The molecule has 0 heterocycles. The molecule has 0 aliphatic rings. The van der Waals surface area contributed by atoms with Crippen LogP contribution in [0, 0.1) is 0 Å². The van der Waals surface area contributed by atoms with Gasteiger partial charge in [-0.3, -0.25) is 0 Å². The van der Waals surface area contributed by atoms with Gasteiger partial charge in [-0.05, 0) is 30.2 Å². The third kappa shape index (κ3) is 2.86. The quantitative estimate of drug-likeness (QED) is 0.848. The number of phenolic OH excluding ortho intramolecular Hbond substituents is 1. The lowest BCUT2D eigenvalue weighted by atomic mass is 9.89. The van der Waals surface area contributed by atoms with Gasteiger partial charge in [0, 0.05) is 6.42 Å². The van der Waals surface area contributed by atoms with Crippen molar-refractivity contribution in [1.82, 2.24) is 0 Å². The van der Waals surface area contributed by atoms with Crippen LogP contribution in [0.15, 0.2) is 54.6 Å². The van der Waals surface area contributed by atoms with Gasteiger partial charge in [-0.15, -0.1) is 0 Å². The van der Waals surface area contributed by atoms with Gasteiger partial charge in [0.2, 0.25) is 0 Å². The summed E-state index contributed by atoms with van der Waals surface area (Å²) < 4.78 is 0. The summed E-state index contributed by atoms with van der Waals surface area (Å²) >= 11 is 0.